The summed E-state index contributed by atoms with van der Waals surface area (Å²) in [6.07, 6.45) is 7.95. The Morgan fingerprint density at radius 3 is 2.67 bits per heavy atom. The first-order chi connectivity index (χ1) is 9.78. The summed E-state index contributed by atoms with van der Waals surface area (Å²) in [5, 5.41) is 10.8. The minimum atomic E-state index is 0. The van der Waals surface area contributed by atoms with E-state index in [0.717, 1.165) is 31.2 Å². The van der Waals surface area contributed by atoms with Crippen molar-refractivity contribution in [1.29, 1.82) is 0 Å². The zero-order chi connectivity index (χ0) is 14.2. The number of rotatable bonds is 5. The van der Waals surface area contributed by atoms with Crippen LogP contribution in [0.15, 0.2) is 17.4 Å². The van der Waals surface area contributed by atoms with Gasteiger partial charge in [0.15, 0.2) is 5.96 Å². The van der Waals surface area contributed by atoms with Gasteiger partial charge in [-0.15, -0.1) is 24.0 Å². The first-order valence-electron chi connectivity index (χ1n) is 7.42. The van der Waals surface area contributed by atoms with Gasteiger partial charge in [0.1, 0.15) is 0 Å². The lowest BCUT2D eigenvalue weighted by Gasteiger charge is -2.26. The minimum absolute atomic E-state index is 0. The van der Waals surface area contributed by atoms with Crippen LogP contribution in [0.3, 0.4) is 0 Å². The molecule has 2 N–H and O–H groups in total. The van der Waals surface area contributed by atoms with Crippen LogP contribution in [0.4, 0.5) is 0 Å². The van der Waals surface area contributed by atoms with E-state index in [1.807, 2.05) is 24.1 Å². The number of guanidine groups is 1. The molecule has 2 heterocycles. The maximum Gasteiger partial charge on any atom is 0.191 e. The van der Waals surface area contributed by atoms with Gasteiger partial charge in [-0.1, -0.05) is 6.42 Å². The van der Waals surface area contributed by atoms with Crippen molar-refractivity contribution in [3.05, 3.63) is 18.0 Å². The van der Waals surface area contributed by atoms with E-state index in [2.05, 4.69) is 25.6 Å². The molecule has 0 unspecified atom stereocenters. The molecule has 1 fully saturated rings. The average molecular weight is 406 g/mol. The van der Waals surface area contributed by atoms with Crippen molar-refractivity contribution in [3.63, 3.8) is 0 Å². The van der Waals surface area contributed by atoms with E-state index in [0.29, 0.717) is 0 Å². The summed E-state index contributed by atoms with van der Waals surface area (Å²) in [5.74, 6) is 0.853. The fraction of sp³-hybridized carbons (Fsp3) is 0.714. The summed E-state index contributed by atoms with van der Waals surface area (Å²) in [5.41, 5.74) is 1.16. The zero-order valence-corrected chi connectivity index (χ0v) is 15.3. The Balaban J connectivity index is 0.00000220. The molecule has 1 aromatic rings. The molecule has 1 aliphatic rings. The van der Waals surface area contributed by atoms with Gasteiger partial charge in [0.05, 0.1) is 6.20 Å². The van der Waals surface area contributed by atoms with Crippen molar-refractivity contribution in [2.24, 2.45) is 12.0 Å². The van der Waals surface area contributed by atoms with Gasteiger partial charge >= 0.3 is 0 Å². The van der Waals surface area contributed by atoms with Crippen LogP contribution >= 0.6 is 24.0 Å². The molecule has 0 radical (unpaired) electrons. The number of aryl methyl sites for hydroxylation is 1. The zero-order valence-electron chi connectivity index (χ0n) is 13.0. The SMILES string of the molecule is CN=C(NCCN1CCCCC1)NCc1cnn(C)c1.I. The van der Waals surface area contributed by atoms with E-state index in [1.165, 1.54) is 32.4 Å². The number of nitrogens with zero attached hydrogens (tertiary/aromatic N) is 4. The van der Waals surface area contributed by atoms with E-state index >= 15 is 0 Å². The summed E-state index contributed by atoms with van der Waals surface area (Å²) in [6, 6.07) is 0. The summed E-state index contributed by atoms with van der Waals surface area (Å²) in [7, 11) is 3.73. The third-order valence-electron chi connectivity index (χ3n) is 3.61. The predicted octanol–water partition coefficient (Wildman–Crippen LogP) is 1.19. The molecule has 0 aliphatic carbocycles. The van der Waals surface area contributed by atoms with Crippen LogP contribution in [0.1, 0.15) is 24.8 Å². The fourth-order valence-corrected chi connectivity index (χ4v) is 2.48. The first-order valence-corrected chi connectivity index (χ1v) is 7.42. The molecular weight excluding hydrogens is 379 g/mol. The Labute approximate surface area is 144 Å². The van der Waals surface area contributed by atoms with Crippen LogP contribution in [-0.2, 0) is 13.6 Å². The predicted molar refractivity (Wildman–Crippen MR) is 97.1 cm³/mol. The van der Waals surface area contributed by atoms with Crippen LogP contribution in [0.25, 0.3) is 0 Å². The highest BCUT2D eigenvalue weighted by Crippen LogP contribution is 2.07. The molecule has 7 heteroatoms. The van der Waals surface area contributed by atoms with Gasteiger partial charge in [0.2, 0.25) is 0 Å². The Kier molecular flexibility index (Phi) is 8.67. The number of halogens is 1. The molecule has 120 valence electrons. The molecule has 0 spiro atoms. The largest absolute Gasteiger partial charge is 0.355 e. The second-order valence-electron chi connectivity index (χ2n) is 5.28. The van der Waals surface area contributed by atoms with Crippen molar-refractivity contribution < 1.29 is 0 Å². The molecule has 0 amide bonds. The summed E-state index contributed by atoms with van der Waals surface area (Å²) >= 11 is 0. The van der Waals surface area contributed by atoms with Gasteiger partial charge in [0.25, 0.3) is 0 Å². The highest BCUT2D eigenvalue weighted by Gasteiger charge is 2.09. The Hall–Kier alpha value is -0.830. The molecule has 0 bridgehead atoms. The van der Waals surface area contributed by atoms with Gasteiger partial charge < -0.3 is 15.5 Å². The molecule has 0 aromatic carbocycles. The van der Waals surface area contributed by atoms with Gasteiger partial charge in [-0.05, 0) is 25.9 Å². The van der Waals surface area contributed by atoms with Crippen molar-refractivity contribution in [3.8, 4) is 0 Å². The Morgan fingerprint density at radius 2 is 2.05 bits per heavy atom. The molecule has 21 heavy (non-hydrogen) atoms. The van der Waals surface area contributed by atoms with E-state index in [4.69, 9.17) is 0 Å². The summed E-state index contributed by atoms with van der Waals surface area (Å²) < 4.78 is 1.81. The van der Waals surface area contributed by atoms with Gasteiger partial charge in [-0.3, -0.25) is 9.67 Å². The molecule has 6 nitrogen and oxygen atoms in total. The molecule has 0 saturated carbocycles. The molecule has 1 aromatic heterocycles. The number of hydrogen-bond acceptors (Lipinski definition) is 3. The number of likely N-dealkylation sites (tertiary alicyclic amines) is 1. The molecule has 1 saturated heterocycles. The van der Waals surface area contributed by atoms with Crippen molar-refractivity contribution in [2.45, 2.75) is 25.8 Å². The van der Waals surface area contributed by atoms with Crippen LogP contribution in [-0.4, -0.2) is 53.9 Å². The topological polar surface area (TPSA) is 57.5 Å². The normalized spacial score (nSPS) is 16.4. The van der Waals surface area contributed by atoms with Gasteiger partial charge in [0, 0.05) is 45.5 Å². The van der Waals surface area contributed by atoms with E-state index in [-0.39, 0.29) is 24.0 Å². The highest BCUT2D eigenvalue weighted by molar-refractivity contribution is 14.0. The molecular formula is C14H27IN6. The smallest absolute Gasteiger partial charge is 0.191 e. The third kappa shape index (κ3) is 6.64. The molecule has 1 aliphatic heterocycles. The minimum Gasteiger partial charge on any atom is -0.355 e. The summed E-state index contributed by atoms with van der Waals surface area (Å²) in [6.45, 7) is 5.25. The monoisotopic (exact) mass is 406 g/mol. The standard InChI is InChI=1S/C14H26N6.HI/c1-15-14(17-10-13-11-18-19(2)12-13)16-6-9-20-7-4-3-5-8-20;/h11-12H,3-10H2,1-2H3,(H2,15,16,17);1H. The first kappa shape index (κ1) is 18.2. The van der Waals surface area contributed by atoms with Crippen molar-refractivity contribution in [2.75, 3.05) is 33.2 Å². The lowest BCUT2D eigenvalue weighted by Crippen LogP contribution is -2.42. The fourth-order valence-electron chi connectivity index (χ4n) is 2.48. The van der Waals surface area contributed by atoms with E-state index in [9.17, 15) is 0 Å². The van der Waals surface area contributed by atoms with Crippen LogP contribution < -0.4 is 10.6 Å². The van der Waals surface area contributed by atoms with Gasteiger partial charge in [-0.2, -0.15) is 5.10 Å². The van der Waals surface area contributed by atoms with Crippen molar-refractivity contribution in [1.82, 2.24) is 25.3 Å². The van der Waals surface area contributed by atoms with Crippen LogP contribution in [0.5, 0.6) is 0 Å². The number of aliphatic imine (C=N–C) groups is 1. The van der Waals surface area contributed by atoms with Crippen molar-refractivity contribution >= 4 is 29.9 Å². The second-order valence-corrected chi connectivity index (χ2v) is 5.28. The number of aromatic nitrogens is 2. The Morgan fingerprint density at radius 1 is 1.29 bits per heavy atom. The van der Waals surface area contributed by atoms with E-state index in [1.54, 1.807) is 7.05 Å². The number of hydrogen-bond donors (Lipinski definition) is 2. The average Bonchev–Trinajstić information content (AvgIpc) is 2.89. The Bertz CT molecular complexity index is 425. The van der Waals surface area contributed by atoms with E-state index < -0.39 is 0 Å². The lowest BCUT2D eigenvalue weighted by atomic mass is 10.1. The quantitative estimate of drug-likeness (QED) is 0.438. The number of nitrogens with one attached hydrogen (secondary N) is 2. The lowest BCUT2D eigenvalue weighted by molar-refractivity contribution is 0.232. The number of piperidine rings is 1. The maximum absolute atomic E-state index is 4.24. The second kappa shape index (κ2) is 9.99. The van der Waals surface area contributed by atoms with Crippen LogP contribution in [0.2, 0.25) is 0 Å². The molecule has 2 rings (SSSR count). The third-order valence-corrected chi connectivity index (χ3v) is 3.61. The van der Waals surface area contributed by atoms with Crippen LogP contribution in [0, 0.1) is 0 Å². The molecule has 0 atom stereocenters. The maximum atomic E-state index is 4.24. The summed E-state index contributed by atoms with van der Waals surface area (Å²) in [4.78, 5) is 6.76. The highest BCUT2D eigenvalue weighted by atomic mass is 127. The van der Waals surface area contributed by atoms with Gasteiger partial charge in [-0.25, -0.2) is 0 Å².